The highest BCUT2D eigenvalue weighted by Crippen LogP contribution is 2.38. The van der Waals surface area contributed by atoms with Crippen molar-refractivity contribution in [3.8, 4) is 22.5 Å². The number of hydrogen-bond acceptors (Lipinski definition) is 5. The van der Waals surface area contributed by atoms with E-state index in [2.05, 4.69) is 22.1 Å². The molecule has 2 aromatic heterocycles. The van der Waals surface area contributed by atoms with Crippen LogP contribution in [0.25, 0.3) is 22.5 Å². The van der Waals surface area contributed by atoms with Gasteiger partial charge in [0.05, 0.1) is 11.6 Å². The molecule has 2 atom stereocenters. The SMILES string of the molecule is O=C1C[C@@H](C(=O)N2CCC[C@@H](c3nc(-c4ccncc4)ncc3-c3ccccc3)C2)c2ccccc21. The van der Waals surface area contributed by atoms with Crippen LogP contribution in [0, 0.1) is 0 Å². The van der Waals surface area contributed by atoms with Gasteiger partial charge in [0.25, 0.3) is 0 Å². The fraction of sp³-hybridized carbons (Fsp3) is 0.233. The molecule has 6 heteroatoms. The summed E-state index contributed by atoms with van der Waals surface area (Å²) in [7, 11) is 0. The molecule has 0 saturated carbocycles. The molecule has 0 bridgehead atoms. The summed E-state index contributed by atoms with van der Waals surface area (Å²) < 4.78 is 0. The molecule has 1 fully saturated rings. The molecule has 0 spiro atoms. The van der Waals surface area contributed by atoms with Crippen LogP contribution in [0.2, 0.25) is 0 Å². The van der Waals surface area contributed by atoms with Crippen LogP contribution in [0.15, 0.2) is 85.3 Å². The summed E-state index contributed by atoms with van der Waals surface area (Å²) >= 11 is 0. The number of fused-ring (bicyclic) bond motifs is 1. The van der Waals surface area contributed by atoms with Crippen molar-refractivity contribution >= 4 is 11.7 Å². The lowest BCUT2D eigenvalue weighted by atomic mass is 9.88. The Labute approximate surface area is 210 Å². The van der Waals surface area contributed by atoms with E-state index in [0.29, 0.717) is 24.5 Å². The van der Waals surface area contributed by atoms with Gasteiger partial charge in [-0.05, 0) is 36.1 Å². The largest absolute Gasteiger partial charge is 0.341 e. The molecule has 4 aromatic rings. The Morgan fingerprint density at radius 2 is 1.67 bits per heavy atom. The lowest BCUT2D eigenvalue weighted by molar-refractivity contribution is -0.133. The van der Waals surface area contributed by atoms with Crippen molar-refractivity contribution in [2.45, 2.75) is 31.1 Å². The number of aromatic nitrogens is 3. The highest BCUT2D eigenvalue weighted by molar-refractivity contribution is 6.06. The number of piperidine rings is 1. The van der Waals surface area contributed by atoms with Crippen molar-refractivity contribution in [2.24, 2.45) is 0 Å². The second-order valence-electron chi connectivity index (χ2n) is 9.48. The first kappa shape index (κ1) is 22.3. The van der Waals surface area contributed by atoms with E-state index in [1.165, 1.54) is 0 Å². The first-order valence-corrected chi connectivity index (χ1v) is 12.4. The maximum Gasteiger partial charge on any atom is 0.230 e. The van der Waals surface area contributed by atoms with E-state index in [-0.39, 0.29) is 29.9 Å². The number of carbonyl (C=O) groups is 2. The number of amides is 1. The Hall–Kier alpha value is -4.19. The number of rotatable bonds is 4. The molecule has 2 aromatic carbocycles. The van der Waals surface area contributed by atoms with Crippen molar-refractivity contribution in [3.05, 3.63) is 102 Å². The lowest BCUT2D eigenvalue weighted by Crippen LogP contribution is -2.41. The summed E-state index contributed by atoms with van der Waals surface area (Å²) in [6.07, 6.45) is 7.48. The van der Waals surface area contributed by atoms with Crippen LogP contribution in [-0.2, 0) is 4.79 Å². The van der Waals surface area contributed by atoms with Gasteiger partial charge in [0.2, 0.25) is 5.91 Å². The summed E-state index contributed by atoms with van der Waals surface area (Å²) in [6.45, 7) is 1.28. The second kappa shape index (κ2) is 9.46. The van der Waals surface area contributed by atoms with Crippen molar-refractivity contribution in [1.29, 1.82) is 0 Å². The summed E-state index contributed by atoms with van der Waals surface area (Å²) in [6, 6.07) is 21.5. The van der Waals surface area contributed by atoms with Crippen molar-refractivity contribution in [3.63, 3.8) is 0 Å². The number of likely N-dealkylation sites (tertiary alicyclic amines) is 1. The summed E-state index contributed by atoms with van der Waals surface area (Å²) in [5.41, 5.74) is 5.48. The van der Waals surface area contributed by atoms with E-state index in [1.54, 1.807) is 12.4 Å². The molecule has 178 valence electrons. The van der Waals surface area contributed by atoms with Crippen LogP contribution in [0.5, 0.6) is 0 Å². The van der Waals surface area contributed by atoms with E-state index in [9.17, 15) is 9.59 Å². The molecule has 1 amide bonds. The molecule has 1 aliphatic carbocycles. The van der Waals surface area contributed by atoms with Crippen molar-refractivity contribution in [1.82, 2.24) is 19.9 Å². The smallest absolute Gasteiger partial charge is 0.230 e. The predicted octanol–water partition coefficient (Wildman–Crippen LogP) is 5.28. The van der Waals surface area contributed by atoms with Gasteiger partial charge in [-0.15, -0.1) is 0 Å². The maximum atomic E-state index is 13.7. The highest BCUT2D eigenvalue weighted by Gasteiger charge is 2.38. The third-order valence-electron chi connectivity index (χ3n) is 7.29. The molecule has 0 unspecified atom stereocenters. The topological polar surface area (TPSA) is 76.1 Å². The normalized spacial score (nSPS) is 19.2. The average molecular weight is 475 g/mol. The second-order valence-corrected chi connectivity index (χ2v) is 9.48. The Bertz CT molecular complexity index is 1420. The number of Topliss-reactive ketones (excluding diaryl/α,β-unsaturated/α-hetero) is 1. The first-order chi connectivity index (χ1) is 17.7. The van der Waals surface area contributed by atoms with Gasteiger partial charge in [-0.1, -0.05) is 54.6 Å². The summed E-state index contributed by atoms with van der Waals surface area (Å²) in [5.74, 6) is 0.447. The number of pyridine rings is 1. The Kier molecular flexibility index (Phi) is 5.85. The number of nitrogens with zero attached hydrogens (tertiary/aromatic N) is 4. The minimum atomic E-state index is -0.390. The first-order valence-electron chi connectivity index (χ1n) is 12.4. The third-order valence-corrected chi connectivity index (χ3v) is 7.29. The van der Waals surface area contributed by atoms with E-state index >= 15 is 0 Å². The van der Waals surface area contributed by atoms with Crippen LogP contribution in [0.3, 0.4) is 0 Å². The van der Waals surface area contributed by atoms with E-state index in [0.717, 1.165) is 40.8 Å². The summed E-state index contributed by atoms with van der Waals surface area (Å²) in [4.78, 5) is 42.0. The Morgan fingerprint density at radius 1 is 0.889 bits per heavy atom. The molecular formula is C30H26N4O2. The molecule has 6 nitrogen and oxygen atoms in total. The molecule has 0 radical (unpaired) electrons. The monoisotopic (exact) mass is 474 g/mol. The Morgan fingerprint density at radius 3 is 2.50 bits per heavy atom. The van der Waals surface area contributed by atoms with Gasteiger partial charge in [0, 0.05) is 60.7 Å². The maximum absolute atomic E-state index is 13.7. The molecular weight excluding hydrogens is 448 g/mol. The molecule has 0 N–H and O–H groups in total. The van der Waals surface area contributed by atoms with Gasteiger partial charge >= 0.3 is 0 Å². The molecule has 2 aliphatic rings. The van der Waals surface area contributed by atoms with Gasteiger partial charge in [0.1, 0.15) is 0 Å². The zero-order valence-corrected chi connectivity index (χ0v) is 19.9. The van der Waals surface area contributed by atoms with Crippen molar-refractivity contribution in [2.75, 3.05) is 13.1 Å². The van der Waals surface area contributed by atoms with Gasteiger partial charge < -0.3 is 4.90 Å². The molecule has 3 heterocycles. The number of benzene rings is 2. The highest BCUT2D eigenvalue weighted by atomic mass is 16.2. The number of hydrogen-bond donors (Lipinski definition) is 0. The Balaban J connectivity index is 1.34. The van der Waals surface area contributed by atoms with E-state index in [1.807, 2.05) is 65.7 Å². The van der Waals surface area contributed by atoms with E-state index in [4.69, 9.17) is 4.98 Å². The molecule has 6 rings (SSSR count). The molecule has 36 heavy (non-hydrogen) atoms. The van der Waals surface area contributed by atoms with Crippen molar-refractivity contribution < 1.29 is 9.59 Å². The quantitative estimate of drug-likeness (QED) is 0.402. The van der Waals surface area contributed by atoms with E-state index < -0.39 is 0 Å². The predicted molar refractivity (Wildman–Crippen MR) is 137 cm³/mol. The zero-order valence-electron chi connectivity index (χ0n) is 19.9. The standard InChI is InChI=1S/C30H26N4O2/c35-27-17-25(23-10-4-5-11-24(23)27)30(36)34-16-6-9-22(19-34)28-26(20-7-2-1-3-8-20)18-32-29(33-28)21-12-14-31-15-13-21/h1-5,7-8,10-15,18,22,25H,6,9,16-17,19H2/t22-,25-/m1/s1. The molecule has 1 saturated heterocycles. The lowest BCUT2D eigenvalue weighted by Gasteiger charge is -2.35. The number of ketones is 1. The van der Waals surface area contributed by atoms with Crippen LogP contribution in [-0.4, -0.2) is 44.6 Å². The van der Waals surface area contributed by atoms with Gasteiger partial charge in [-0.2, -0.15) is 0 Å². The van der Waals surface area contributed by atoms with Crippen LogP contribution < -0.4 is 0 Å². The van der Waals surface area contributed by atoms with Crippen LogP contribution in [0.1, 0.15) is 52.7 Å². The summed E-state index contributed by atoms with van der Waals surface area (Å²) in [5, 5.41) is 0. The molecule has 1 aliphatic heterocycles. The van der Waals surface area contributed by atoms with Gasteiger partial charge in [-0.25, -0.2) is 9.97 Å². The van der Waals surface area contributed by atoms with Gasteiger partial charge in [-0.3, -0.25) is 14.6 Å². The fourth-order valence-corrected chi connectivity index (χ4v) is 5.49. The number of carbonyl (C=O) groups excluding carboxylic acids is 2. The third kappa shape index (κ3) is 4.09. The average Bonchev–Trinajstić information content (AvgIpc) is 3.30. The van der Waals surface area contributed by atoms with Crippen LogP contribution >= 0.6 is 0 Å². The minimum absolute atomic E-state index is 0.0441. The zero-order chi connectivity index (χ0) is 24.5. The van der Waals surface area contributed by atoms with Crippen LogP contribution in [0.4, 0.5) is 0 Å². The van der Waals surface area contributed by atoms with Gasteiger partial charge in [0.15, 0.2) is 11.6 Å². The minimum Gasteiger partial charge on any atom is -0.341 e. The fourth-order valence-electron chi connectivity index (χ4n) is 5.49.